The summed E-state index contributed by atoms with van der Waals surface area (Å²) in [5.74, 6) is 0.853. The van der Waals surface area contributed by atoms with Crippen LogP contribution in [0.5, 0.6) is 0 Å². The van der Waals surface area contributed by atoms with Crippen LogP contribution in [0.15, 0.2) is 12.1 Å². The molecule has 0 bridgehead atoms. The summed E-state index contributed by atoms with van der Waals surface area (Å²) >= 11 is 0. The molecule has 2 aliphatic heterocycles. The van der Waals surface area contributed by atoms with E-state index in [1.165, 1.54) is 0 Å². The SMILES string of the molecule is N#Cc1nc(N2CCC(N3CCOCC3)C2)ccc1N. The number of nitrogens with zero attached hydrogens (tertiary/aromatic N) is 4. The van der Waals surface area contributed by atoms with Gasteiger partial charge in [0.2, 0.25) is 0 Å². The van der Waals surface area contributed by atoms with Gasteiger partial charge in [-0.3, -0.25) is 4.90 Å². The normalized spacial score (nSPS) is 23.8. The van der Waals surface area contributed by atoms with Crippen molar-refractivity contribution in [3.05, 3.63) is 17.8 Å². The standard InChI is InChI=1S/C14H19N5O/c15-9-13-12(16)1-2-14(17-13)19-4-3-11(10-19)18-5-7-20-8-6-18/h1-2,11H,3-8,10,16H2. The molecule has 0 amide bonds. The second-order valence-electron chi connectivity index (χ2n) is 5.26. The van der Waals surface area contributed by atoms with Crippen LogP contribution in [0.1, 0.15) is 12.1 Å². The lowest BCUT2D eigenvalue weighted by Gasteiger charge is -2.32. The lowest BCUT2D eigenvalue weighted by molar-refractivity contribution is 0.0209. The number of nitrogen functional groups attached to an aromatic ring is 1. The van der Waals surface area contributed by atoms with Gasteiger partial charge in [-0.05, 0) is 18.6 Å². The third-order valence-corrected chi connectivity index (χ3v) is 4.07. The van der Waals surface area contributed by atoms with E-state index in [4.69, 9.17) is 15.7 Å². The molecule has 3 rings (SSSR count). The highest BCUT2D eigenvalue weighted by molar-refractivity contribution is 5.55. The number of nitriles is 1. The zero-order chi connectivity index (χ0) is 13.9. The van der Waals surface area contributed by atoms with E-state index in [0.29, 0.717) is 17.4 Å². The molecule has 0 spiro atoms. The third-order valence-electron chi connectivity index (χ3n) is 4.07. The molecule has 2 fully saturated rings. The predicted octanol–water partition coefficient (Wildman–Crippen LogP) is 0.446. The van der Waals surface area contributed by atoms with Crippen molar-refractivity contribution in [2.45, 2.75) is 12.5 Å². The molecule has 2 saturated heterocycles. The summed E-state index contributed by atoms with van der Waals surface area (Å²) in [6.07, 6.45) is 1.13. The lowest BCUT2D eigenvalue weighted by atomic mass is 10.2. The maximum absolute atomic E-state index is 9.01. The topological polar surface area (TPSA) is 78.4 Å². The number of anilines is 2. The first-order valence-corrected chi connectivity index (χ1v) is 7.01. The van der Waals surface area contributed by atoms with Gasteiger partial charge in [-0.15, -0.1) is 0 Å². The van der Waals surface area contributed by atoms with Crippen LogP contribution in [0.2, 0.25) is 0 Å². The molecular weight excluding hydrogens is 254 g/mol. The summed E-state index contributed by atoms with van der Waals surface area (Å²) in [6, 6.07) is 6.27. The van der Waals surface area contributed by atoms with Gasteiger partial charge in [0.05, 0.1) is 18.9 Å². The van der Waals surface area contributed by atoms with Crippen LogP contribution in [0.3, 0.4) is 0 Å². The minimum atomic E-state index is 0.317. The minimum Gasteiger partial charge on any atom is -0.396 e. The quantitative estimate of drug-likeness (QED) is 0.842. The molecule has 20 heavy (non-hydrogen) atoms. The summed E-state index contributed by atoms with van der Waals surface area (Å²) in [4.78, 5) is 9.08. The maximum Gasteiger partial charge on any atom is 0.165 e. The first-order valence-electron chi connectivity index (χ1n) is 7.01. The lowest BCUT2D eigenvalue weighted by Crippen LogP contribution is -2.44. The number of morpholine rings is 1. The van der Waals surface area contributed by atoms with Crippen LogP contribution >= 0.6 is 0 Å². The highest BCUT2D eigenvalue weighted by Crippen LogP contribution is 2.23. The first-order chi connectivity index (χ1) is 9.78. The molecule has 6 heteroatoms. The Bertz CT molecular complexity index is 521. The van der Waals surface area contributed by atoms with E-state index >= 15 is 0 Å². The second kappa shape index (κ2) is 5.65. The van der Waals surface area contributed by atoms with Gasteiger partial charge in [-0.1, -0.05) is 0 Å². The van der Waals surface area contributed by atoms with Gasteiger partial charge in [0.1, 0.15) is 11.9 Å². The first kappa shape index (κ1) is 13.2. The van der Waals surface area contributed by atoms with Crippen LogP contribution < -0.4 is 10.6 Å². The van der Waals surface area contributed by atoms with Gasteiger partial charge in [-0.2, -0.15) is 5.26 Å². The van der Waals surface area contributed by atoms with Crippen molar-refractivity contribution in [3.8, 4) is 6.07 Å². The fourth-order valence-corrected chi connectivity index (χ4v) is 2.92. The summed E-state index contributed by atoms with van der Waals surface area (Å²) in [7, 11) is 0. The summed E-state index contributed by atoms with van der Waals surface area (Å²) in [5.41, 5.74) is 6.48. The van der Waals surface area contributed by atoms with Crippen LogP contribution in [0.25, 0.3) is 0 Å². The molecular formula is C14H19N5O. The molecule has 1 aromatic heterocycles. The highest BCUT2D eigenvalue weighted by atomic mass is 16.5. The Hall–Kier alpha value is -1.84. The van der Waals surface area contributed by atoms with Gasteiger partial charge < -0.3 is 15.4 Å². The number of rotatable bonds is 2. The zero-order valence-corrected chi connectivity index (χ0v) is 11.5. The highest BCUT2D eigenvalue weighted by Gasteiger charge is 2.29. The van der Waals surface area contributed by atoms with Crippen molar-refractivity contribution in [1.29, 1.82) is 5.26 Å². The van der Waals surface area contributed by atoms with Crippen molar-refractivity contribution >= 4 is 11.5 Å². The number of aromatic nitrogens is 1. The molecule has 0 saturated carbocycles. The molecule has 2 N–H and O–H groups in total. The minimum absolute atomic E-state index is 0.317. The Morgan fingerprint density at radius 1 is 1.30 bits per heavy atom. The largest absolute Gasteiger partial charge is 0.396 e. The van der Waals surface area contributed by atoms with E-state index in [9.17, 15) is 0 Å². The second-order valence-corrected chi connectivity index (χ2v) is 5.26. The number of hydrogen-bond acceptors (Lipinski definition) is 6. The zero-order valence-electron chi connectivity index (χ0n) is 11.5. The molecule has 106 valence electrons. The molecule has 0 aromatic carbocycles. The van der Waals surface area contributed by atoms with Crippen molar-refractivity contribution < 1.29 is 4.74 Å². The molecule has 6 nitrogen and oxygen atoms in total. The maximum atomic E-state index is 9.01. The van der Waals surface area contributed by atoms with E-state index < -0.39 is 0 Å². The van der Waals surface area contributed by atoms with E-state index in [2.05, 4.69) is 14.8 Å². The fraction of sp³-hybridized carbons (Fsp3) is 0.571. The monoisotopic (exact) mass is 273 g/mol. The Labute approximate surface area is 118 Å². The number of ether oxygens (including phenoxy) is 1. The van der Waals surface area contributed by atoms with Gasteiger partial charge in [0, 0.05) is 32.2 Å². The Morgan fingerprint density at radius 2 is 2.10 bits per heavy atom. The molecule has 2 aliphatic rings. The van der Waals surface area contributed by atoms with E-state index in [1.807, 2.05) is 12.1 Å². The van der Waals surface area contributed by atoms with Gasteiger partial charge in [-0.25, -0.2) is 4.98 Å². The van der Waals surface area contributed by atoms with Crippen molar-refractivity contribution in [2.75, 3.05) is 50.0 Å². The van der Waals surface area contributed by atoms with Gasteiger partial charge in [0.15, 0.2) is 5.69 Å². The Balaban J connectivity index is 1.69. The summed E-state index contributed by atoms with van der Waals surface area (Å²) in [6.45, 7) is 5.62. The number of nitrogens with two attached hydrogens (primary N) is 1. The smallest absolute Gasteiger partial charge is 0.165 e. The molecule has 1 aromatic rings. The Morgan fingerprint density at radius 3 is 2.85 bits per heavy atom. The van der Waals surface area contributed by atoms with Crippen LogP contribution in [-0.4, -0.2) is 55.3 Å². The average Bonchev–Trinajstić information content (AvgIpc) is 2.98. The number of pyridine rings is 1. The van der Waals surface area contributed by atoms with E-state index in [0.717, 1.165) is 51.6 Å². The van der Waals surface area contributed by atoms with Crippen LogP contribution in [0, 0.1) is 11.3 Å². The predicted molar refractivity (Wildman–Crippen MR) is 76.4 cm³/mol. The van der Waals surface area contributed by atoms with Gasteiger partial charge in [0.25, 0.3) is 0 Å². The van der Waals surface area contributed by atoms with E-state index in [-0.39, 0.29) is 0 Å². The van der Waals surface area contributed by atoms with Crippen molar-refractivity contribution in [2.24, 2.45) is 0 Å². The summed E-state index contributed by atoms with van der Waals surface area (Å²) in [5, 5.41) is 9.01. The van der Waals surface area contributed by atoms with E-state index in [1.54, 1.807) is 6.07 Å². The van der Waals surface area contributed by atoms with Crippen molar-refractivity contribution in [3.63, 3.8) is 0 Å². The molecule has 0 aliphatic carbocycles. The number of hydrogen-bond donors (Lipinski definition) is 1. The molecule has 0 radical (unpaired) electrons. The molecule has 1 unspecified atom stereocenters. The van der Waals surface area contributed by atoms with Crippen LogP contribution in [0.4, 0.5) is 11.5 Å². The summed E-state index contributed by atoms with van der Waals surface area (Å²) < 4.78 is 5.40. The van der Waals surface area contributed by atoms with Gasteiger partial charge >= 0.3 is 0 Å². The molecule has 3 heterocycles. The van der Waals surface area contributed by atoms with Crippen molar-refractivity contribution in [1.82, 2.24) is 9.88 Å². The van der Waals surface area contributed by atoms with Crippen LogP contribution in [-0.2, 0) is 4.74 Å². The third kappa shape index (κ3) is 2.55. The fourth-order valence-electron chi connectivity index (χ4n) is 2.92. The molecule has 1 atom stereocenters. The Kier molecular flexibility index (Phi) is 3.72. The average molecular weight is 273 g/mol.